The topological polar surface area (TPSA) is 28.1 Å². The van der Waals surface area contributed by atoms with Gasteiger partial charge in [-0.1, -0.05) is 32.0 Å². The summed E-state index contributed by atoms with van der Waals surface area (Å²) < 4.78 is 39.5. The van der Waals surface area contributed by atoms with Crippen molar-refractivity contribution in [2.24, 2.45) is 4.99 Å². The molecule has 0 amide bonds. The Balaban J connectivity index is 2.55. The summed E-state index contributed by atoms with van der Waals surface area (Å²) in [5.74, 6) is 0.105. The van der Waals surface area contributed by atoms with Crippen LogP contribution < -0.4 is 0 Å². The summed E-state index contributed by atoms with van der Waals surface area (Å²) in [7, 11) is 0. The summed E-state index contributed by atoms with van der Waals surface area (Å²) in [5.41, 5.74) is 0.205. The first-order valence-electron chi connectivity index (χ1n) is 6.28. The first kappa shape index (κ1) is 14.4. The van der Waals surface area contributed by atoms with E-state index in [1.165, 1.54) is 18.3 Å². The van der Waals surface area contributed by atoms with Gasteiger partial charge in [-0.15, -0.1) is 0 Å². The van der Waals surface area contributed by atoms with Crippen LogP contribution in [0.15, 0.2) is 47.6 Å². The zero-order valence-electron chi connectivity index (χ0n) is 11.2. The van der Waals surface area contributed by atoms with Gasteiger partial charge in [-0.2, -0.15) is 13.2 Å². The minimum absolute atomic E-state index is 0.0314. The molecule has 5 heteroatoms. The minimum Gasteiger partial charge on any atom is -0.360 e. The lowest BCUT2D eigenvalue weighted by Crippen LogP contribution is -2.24. The third kappa shape index (κ3) is 3.10. The van der Waals surface area contributed by atoms with Gasteiger partial charge in [0.05, 0.1) is 11.4 Å². The van der Waals surface area contributed by atoms with Crippen LogP contribution in [0.3, 0.4) is 0 Å². The number of para-hydroxylation sites is 1. The van der Waals surface area contributed by atoms with E-state index in [9.17, 15) is 13.2 Å². The van der Waals surface area contributed by atoms with Crippen LogP contribution in [0, 0.1) is 0 Å². The van der Waals surface area contributed by atoms with Gasteiger partial charge in [-0.3, -0.25) is 0 Å². The molecule has 20 heavy (non-hydrogen) atoms. The number of aliphatic imine (C=N–C) groups is 1. The Labute approximate surface area is 115 Å². The summed E-state index contributed by atoms with van der Waals surface area (Å²) in [6.07, 6.45) is -3.06. The number of hydrogen-bond donors (Lipinski definition) is 1. The Morgan fingerprint density at radius 1 is 1.10 bits per heavy atom. The monoisotopic (exact) mass is 280 g/mol. The molecule has 0 aliphatic carbocycles. The highest BCUT2D eigenvalue weighted by atomic mass is 19.4. The zero-order valence-corrected chi connectivity index (χ0v) is 11.2. The summed E-state index contributed by atoms with van der Waals surface area (Å²) in [5, 5.41) is 0. The molecule has 1 N–H and O–H groups in total. The second kappa shape index (κ2) is 5.53. The Morgan fingerprint density at radius 2 is 1.80 bits per heavy atom. The molecule has 0 aliphatic rings. The van der Waals surface area contributed by atoms with Crippen LogP contribution in [0.25, 0.3) is 0 Å². The maximum atomic E-state index is 13.2. The lowest BCUT2D eigenvalue weighted by Gasteiger charge is -2.13. The van der Waals surface area contributed by atoms with E-state index >= 15 is 0 Å². The first-order chi connectivity index (χ1) is 9.39. The molecule has 0 saturated heterocycles. The molecule has 2 rings (SSSR count). The summed E-state index contributed by atoms with van der Waals surface area (Å²) in [6.45, 7) is 3.85. The van der Waals surface area contributed by atoms with Crippen molar-refractivity contribution in [3.8, 4) is 0 Å². The van der Waals surface area contributed by atoms with Crippen LogP contribution in [-0.4, -0.2) is 16.9 Å². The van der Waals surface area contributed by atoms with Crippen LogP contribution in [0.5, 0.6) is 0 Å². The summed E-state index contributed by atoms with van der Waals surface area (Å²) in [4.78, 5) is 6.42. The molecule has 1 aromatic heterocycles. The number of rotatable bonds is 3. The molecule has 0 atom stereocenters. The molecule has 0 saturated carbocycles. The van der Waals surface area contributed by atoms with Crippen molar-refractivity contribution in [1.29, 1.82) is 0 Å². The Morgan fingerprint density at radius 3 is 2.35 bits per heavy atom. The van der Waals surface area contributed by atoms with Crippen LogP contribution in [0.1, 0.15) is 31.0 Å². The zero-order chi connectivity index (χ0) is 14.8. The van der Waals surface area contributed by atoms with E-state index in [0.29, 0.717) is 5.69 Å². The van der Waals surface area contributed by atoms with E-state index in [-0.39, 0.29) is 11.6 Å². The molecule has 2 aromatic rings. The van der Waals surface area contributed by atoms with Crippen molar-refractivity contribution in [1.82, 2.24) is 4.98 Å². The number of aromatic amines is 1. The SMILES string of the molecule is CC(C)c1ccccc1N=C(c1ccc[nH]1)C(F)(F)F. The maximum Gasteiger partial charge on any atom is 0.435 e. The average Bonchev–Trinajstić information content (AvgIpc) is 2.88. The molecule has 1 heterocycles. The van der Waals surface area contributed by atoms with E-state index < -0.39 is 11.9 Å². The number of halogens is 3. The van der Waals surface area contributed by atoms with Gasteiger partial charge in [0.25, 0.3) is 0 Å². The normalized spacial score (nSPS) is 13.0. The van der Waals surface area contributed by atoms with Gasteiger partial charge < -0.3 is 4.98 Å². The van der Waals surface area contributed by atoms with Gasteiger partial charge in [0.2, 0.25) is 0 Å². The number of nitrogens with one attached hydrogen (secondary N) is 1. The second-order valence-electron chi connectivity index (χ2n) is 4.76. The maximum absolute atomic E-state index is 13.2. The van der Waals surface area contributed by atoms with Crippen molar-refractivity contribution in [2.75, 3.05) is 0 Å². The molecule has 2 nitrogen and oxygen atoms in total. The van der Waals surface area contributed by atoms with Gasteiger partial charge in [0, 0.05) is 6.20 Å². The second-order valence-corrected chi connectivity index (χ2v) is 4.76. The lowest BCUT2D eigenvalue weighted by molar-refractivity contribution is -0.0581. The number of nitrogens with zero attached hydrogens (tertiary/aromatic N) is 1. The average molecular weight is 280 g/mol. The summed E-state index contributed by atoms with van der Waals surface area (Å²) in [6, 6.07) is 9.77. The van der Waals surface area contributed by atoms with Crippen molar-refractivity contribution in [3.05, 3.63) is 53.9 Å². The number of aromatic nitrogens is 1. The Bertz CT molecular complexity index is 596. The van der Waals surface area contributed by atoms with E-state index in [1.54, 1.807) is 24.3 Å². The van der Waals surface area contributed by atoms with Gasteiger partial charge in [0.15, 0.2) is 5.71 Å². The van der Waals surface area contributed by atoms with E-state index in [0.717, 1.165) is 5.56 Å². The standard InChI is InChI=1S/C15H15F3N2/c1-10(2)11-6-3-4-7-12(11)20-14(15(16,17)18)13-8-5-9-19-13/h3-10,19H,1-2H3. The number of benzene rings is 1. The fraction of sp³-hybridized carbons (Fsp3) is 0.267. The third-order valence-corrected chi connectivity index (χ3v) is 2.91. The number of H-pyrrole nitrogens is 1. The molecule has 0 bridgehead atoms. The third-order valence-electron chi connectivity index (χ3n) is 2.91. The molecule has 0 spiro atoms. The van der Waals surface area contributed by atoms with Crippen LogP contribution in [0.4, 0.5) is 18.9 Å². The highest BCUT2D eigenvalue weighted by Crippen LogP contribution is 2.30. The van der Waals surface area contributed by atoms with Gasteiger partial charge in [-0.25, -0.2) is 4.99 Å². The smallest absolute Gasteiger partial charge is 0.360 e. The first-order valence-corrected chi connectivity index (χ1v) is 6.28. The van der Waals surface area contributed by atoms with E-state index in [1.807, 2.05) is 13.8 Å². The molecule has 1 aromatic carbocycles. The van der Waals surface area contributed by atoms with Crippen molar-refractivity contribution < 1.29 is 13.2 Å². The molecule has 0 aliphatic heterocycles. The highest BCUT2D eigenvalue weighted by molar-refractivity contribution is 6.04. The summed E-state index contributed by atoms with van der Waals surface area (Å²) >= 11 is 0. The van der Waals surface area contributed by atoms with Crippen LogP contribution >= 0.6 is 0 Å². The molecule has 0 radical (unpaired) electrons. The van der Waals surface area contributed by atoms with Crippen LogP contribution in [-0.2, 0) is 0 Å². The lowest BCUT2D eigenvalue weighted by atomic mass is 10.0. The van der Waals surface area contributed by atoms with Gasteiger partial charge in [-0.05, 0) is 29.7 Å². The fourth-order valence-corrected chi connectivity index (χ4v) is 1.95. The minimum atomic E-state index is -4.51. The number of hydrogen-bond acceptors (Lipinski definition) is 1. The molecular weight excluding hydrogens is 265 g/mol. The van der Waals surface area contributed by atoms with Crippen molar-refractivity contribution in [3.63, 3.8) is 0 Å². The molecular formula is C15H15F3N2. The molecule has 106 valence electrons. The predicted molar refractivity (Wildman–Crippen MR) is 73.6 cm³/mol. The largest absolute Gasteiger partial charge is 0.435 e. The van der Waals surface area contributed by atoms with E-state index in [4.69, 9.17) is 0 Å². The Hall–Kier alpha value is -2.04. The molecule has 0 fully saturated rings. The van der Waals surface area contributed by atoms with Crippen LogP contribution in [0.2, 0.25) is 0 Å². The van der Waals surface area contributed by atoms with E-state index in [2.05, 4.69) is 9.98 Å². The Kier molecular flexibility index (Phi) is 3.97. The molecule has 0 unspecified atom stereocenters. The quantitative estimate of drug-likeness (QED) is 0.781. The van der Waals surface area contributed by atoms with Crippen molar-refractivity contribution in [2.45, 2.75) is 25.9 Å². The fourth-order valence-electron chi connectivity index (χ4n) is 1.95. The van der Waals surface area contributed by atoms with Crippen molar-refractivity contribution >= 4 is 11.4 Å². The predicted octanol–water partition coefficient (Wildman–Crippen LogP) is 4.82. The van der Waals surface area contributed by atoms with Gasteiger partial charge in [0.1, 0.15) is 0 Å². The highest BCUT2D eigenvalue weighted by Gasteiger charge is 2.37. The number of alkyl halides is 3. The van der Waals surface area contributed by atoms with Gasteiger partial charge >= 0.3 is 6.18 Å².